The van der Waals surface area contributed by atoms with Crippen molar-refractivity contribution in [3.63, 3.8) is 0 Å². The molecule has 0 aliphatic rings. The Morgan fingerprint density at radius 3 is 2.56 bits per heavy atom. The van der Waals surface area contributed by atoms with E-state index in [1.54, 1.807) is 25.1 Å². The fourth-order valence-corrected chi connectivity index (χ4v) is 3.62. The van der Waals surface area contributed by atoms with E-state index in [0.29, 0.717) is 16.8 Å². The molecule has 1 heterocycles. The number of sulfonamides is 1. The van der Waals surface area contributed by atoms with E-state index in [9.17, 15) is 17.2 Å². The van der Waals surface area contributed by atoms with E-state index >= 15 is 0 Å². The van der Waals surface area contributed by atoms with Gasteiger partial charge >= 0.3 is 0 Å². The number of anilines is 1. The number of nitriles is 1. The first-order chi connectivity index (χ1) is 12.8. The Morgan fingerprint density at radius 2 is 1.89 bits per heavy atom. The Kier molecular flexibility index (Phi) is 4.88. The van der Waals surface area contributed by atoms with Crippen molar-refractivity contribution in [1.82, 2.24) is 4.98 Å². The second-order valence-electron chi connectivity index (χ2n) is 5.75. The molecule has 0 unspecified atom stereocenters. The van der Waals surface area contributed by atoms with Gasteiger partial charge in [0.1, 0.15) is 11.9 Å². The highest BCUT2D eigenvalue weighted by atomic mass is 32.2. The summed E-state index contributed by atoms with van der Waals surface area (Å²) in [6.07, 6.45) is 0.966. The predicted molar refractivity (Wildman–Crippen MR) is 96.3 cm³/mol. The Bertz CT molecular complexity index is 1170. The maximum absolute atomic E-state index is 13.4. The van der Waals surface area contributed by atoms with Crippen LogP contribution in [0.5, 0.6) is 0 Å². The first-order valence-electron chi connectivity index (χ1n) is 7.75. The molecule has 0 amide bonds. The molecule has 0 radical (unpaired) electrons. The topological polar surface area (TPSA) is 82.9 Å². The van der Waals surface area contributed by atoms with Crippen molar-refractivity contribution >= 4 is 15.7 Å². The molecule has 0 spiro atoms. The Balaban J connectivity index is 1.93. The molecule has 0 bridgehead atoms. The van der Waals surface area contributed by atoms with Gasteiger partial charge in [0.15, 0.2) is 5.82 Å². The van der Waals surface area contributed by atoms with Crippen molar-refractivity contribution in [3.05, 3.63) is 77.5 Å². The van der Waals surface area contributed by atoms with Crippen LogP contribution in [0.3, 0.4) is 0 Å². The van der Waals surface area contributed by atoms with Crippen molar-refractivity contribution in [2.24, 2.45) is 0 Å². The molecule has 2 aromatic carbocycles. The zero-order chi connectivity index (χ0) is 19.6. The van der Waals surface area contributed by atoms with E-state index in [-0.39, 0.29) is 16.1 Å². The number of nitrogens with one attached hydrogen (secondary N) is 1. The molecule has 0 saturated heterocycles. The summed E-state index contributed by atoms with van der Waals surface area (Å²) < 4.78 is 53.9. The monoisotopic (exact) mass is 385 g/mol. The van der Waals surface area contributed by atoms with Crippen molar-refractivity contribution in [1.29, 1.82) is 5.26 Å². The average molecular weight is 385 g/mol. The highest BCUT2D eigenvalue weighted by Gasteiger charge is 2.16. The van der Waals surface area contributed by atoms with Gasteiger partial charge < -0.3 is 0 Å². The van der Waals surface area contributed by atoms with Crippen molar-refractivity contribution in [3.8, 4) is 17.3 Å². The number of rotatable bonds is 4. The van der Waals surface area contributed by atoms with Crippen LogP contribution in [-0.4, -0.2) is 13.4 Å². The lowest BCUT2D eigenvalue weighted by Crippen LogP contribution is -2.13. The fraction of sp³-hybridized carbons (Fsp3) is 0.0526. The van der Waals surface area contributed by atoms with Gasteiger partial charge in [0.2, 0.25) is 0 Å². The molecule has 3 rings (SSSR count). The number of hydrogen-bond donors (Lipinski definition) is 1. The zero-order valence-corrected chi connectivity index (χ0v) is 14.9. The lowest BCUT2D eigenvalue weighted by atomic mass is 10.0. The molecular formula is C19H13F2N3O2S. The molecule has 8 heteroatoms. The number of aryl methyl sites for hydroxylation is 1. The second kappa shape index (κ2) is 7.13. The average Bonchev–Trinajstić information content (AvgIpc) is 2.62. The van der Waals surface area contributed by atoms with Gasteiger partial charge in [-0.3, -0.25) is 9.71 Å². The molecule has 0 aliphatic carbocycles. The third kappa shape index (κ3) is 3.93. The highest BCUT2D eigenvalue weighted by molar-refractivity contribution is 7.92. The minimum absolute atomic E-state index is 0.129. The summed E-state index contributed by atoms with van der Waals surface area (Å²) in [5.41, 5.74) is 1.83. The summed E-state index contributed by atoms with van der Waals surface area (Å²) in [5.74, 6) is -1.36. The van der Waals surface area contributed by atoms with Crippen LogP contribution in [0.15, 0.2) is 59.6 Å². The normalized spacial score (nSPS) is 11.0. The summed E-state index contributed by atoms with van der Waals surface area (Å²) in [6, 6.07) is 12.5. The molecule has 0 saturated carbocycles. The van der Waals surface area contributed by atoms with Gasteiger partial charge in [-0.2, -0.15) is 5.26 Å². The fourth-order valence-electron chi connectivity index (χ4n) is 2.53. The summed E-state index contributed by atoms with van der Waals surface area (Å²) in [4.78, 5) is 3.78. The van der Waals surface area contributed by atoms with Crippen LogP contribution < -0.4 is 4.72 Å². The van der Waals surface area contributed by atoms with E-state index < -0.39 is 21.7 Å². The van der Waals surface area contributed by atoms with Gasteiger partial charge in [-0.25, -0.2) is 17.2 Å². The molecule has 27 heavy (non-hydrogen) atoms. The SMILES string of the molecule is Cc1cc(NS(=O)(=O)c2cccc(F)c2)ccc1-c1cc(C#N)c(F)cn1. The van der Waals surface area contributed by atoms with Crippen molar-refractivity contribution in [2.75, 3.05) is 4.72 Å². The zero-order valence-electron chi connectivity index (χ0n) is 14.1. The van der Waals surface area contributed by atoms with Gasteiger partial charge in [0.25, 0.3) is 10.0 Å². The molecule has 0 fully saturated rings. The minimum atomic E-state index is -3.94. The molecule has 1 N–H and O–H groups in total. The lowest BCUT2D eigenvalue weighted by molar-refractivity contribution is 0.595. The van der Waals surface area contributed by atoms with Gasteiger partial charge in [-0.1, -0.05) is 12.1 Å². The standard InChI is InChI=1S/C19H13F2N3O2S/c1-12-7-15(24-27(25,26)16-4-2-3-14(20)9-16)5-6-17(12)19-8-13(10-22)18(21)11-23-19/h2-9,11,24H,1H3. The van der Waals surface area contributed by atoms with E-state index in [4.69, 9.17) is 5.26 Å². The molecule has 3 aromatic rings. The highest BCUT2D eigenvalue weighted by Crippen LogP contribution is 2.27. The second-order valence-corrected chi connectivity index (χ2v) is 7.44. The smallest absolute Gasteiger partial charge is 0.261 e. The van der Waals surface area contributed by atoms with E-state index in [2.05, 4.69) is 9.71 Å². The van der Waals surface area contributed by atoms with Crippen LogP contribution in [0.2, 0.25) is 0 Å². The van der Waals surface area contributed by atoms with Crippen molar-refractivity contribution in [2.45, 2.75) is 11.8 Å². The number of aromatic nitrogens is 1. The number of halogens is 2. The van der Waals surface area contributed by atoms with E-state index in [0.717, 1.165) is 18.3 Å². The summed E-state index contributed by atoms with van der Waals surface area (Å²) in [5, 5.41) is 8.94. The van der Waals surface area contributed by atoms with Crippen LogP contribution >= 0.6 is 0 Å². The molecule has 0 aliphatic heterocycles. The number of pyridine rings is 1. The molecule has 5 nitrogen and oxygen atoms in total. The summed E-state index contributed by atoms with van der Waals surface area (Å²) >= 11 is 0. The van der Waals surface area contributed by atoms with Crippen LogP contribution in [-0.2, 0) is 10.0 Å². The van der Waals surface area contributed by atoms with Gasteiger partial charge in [-0.05, 0) is 48.9 Å². The van der Waals surface area contributed by atoms with Crippen LogP contribution in [0, 0.1) is 29.9 Å². The van der Waals surface area contributed by atoms with Crippen LogP contribution in [0.4, 0.5) is 14.5 Å². The number of nitrogens with zero attached hydrogens (tertiary/aromatic N) is 2. The van der Waals surface area contributed by atoms with E-state index in [1.807, 2.05) is 0 Å². The predicted octanol–water partition coefficient (Wildman–Crippen LogP) is 4.01. The van der Waals surface area contributed by atoms with Crippen molar-refractivity contribution < 1.29 is 17.2 Å². The largest absolute Gasteiger partial charge is 0.280 e. The Morgan fingerprint density at radius 1 is 1.11 bits per heavy atom. The third-order valence-corrected chi connectivity index (χ3v) is 5.22. The molecular weight excluding hydrogens is 372 g/mol. The summed E-state index contributed by atoms with van der Waals surface area (Å²) in [7, 11) is -3.94. The quantitative estimate of drug-likeness (QED) is 0.736. The Hall–Kier alpha value is -3.31. The lowest BCUT2D eigenvalue weighted by Gasteiger charge is -2.11. The van der Waals surface area contributed by atoms with Gasteiger partial charge in [-0.15, -0.1) is 0 Å². The Labute approximate surface area is 155 Å². The molecule has 136 valence electrons. The third-order valence-electron chi connectivity index (χ3n) is 3.84. The first kappa shape index (κ1) is 18.5. The minimum Gasteiger partial charge on any atom is -0.280 e. The molecule has 0 atom stereocenters. The maximum Gasteiger partial charge on any atom is 0.261 e. The van der Waals surface area contributed by atoms with Crippen LogP contribution in [0.25, 0.3) is 11.3 Å². The van der Waals surface area contributed by atoms with Gasteiger partial charge in [0, 0.05) is 11.3 Å². The first-order valence-corrected chi connectivity index (χ1v) is 9.23. The van der Waals surface area contributed by atoms with Crippen LogP contribution in [0.1, 0.15) is 11.1 Å². The number of benzene rings is 2. The molecule has 1 aromatic heterocycles. The van der Waals surface area contributed by atoms with Gasteiger partial charge in [0.05, 0.1) is 22.3 Å². The maximum atomic E-state index is 13.4. The van der Waals surface area contributed by atoms with E-state index in [1.165, 1.54) is 24.3 Å². The summed E-state index contributed by atoms with van der Waals surface area (Å²) in [6.45, 7) is 1.73. The number of hydrogen-bond acceptors (Lipinski definition) is 4.